The second-order valence-corrected chi connectivity index (χ2v) is 10.4. The van der Waals surface area contributed by atoms with E-state index in [0.29, 0.717) is 19.5 Å². The van der Waals surface area contributed by atoms with Crippen LogP contribution in [0, 0.1) is 0 Å². The molecule has 0 aliphatic carbocycles. The van der Waals surface area contributed by atoms with Gasteiger partial charge in [0.1, 0.15) is 0 Å². The Hall–Kier alpha value is -0.895. The topological polar surface area (TPSA) is 73.7 Å². The minimum atomic E-state index is -3.11. The number of sulfonamides is 1. The van der Waals surface area contributed by atoms with Gasteiger partial charge in [0.25, 0.3) is 0 Å². The van der Waals surface area contributed by atoms with Crippen molar-refractivity contribution in [2.24, 2.45) is 0 Å². The van der Waals surface area contributed by atoms with Crippen LogP contribution in [-0.4, -0.2) is 59.7 Å². The molecule has 2 aliphatic heterocycles. The first-order valence-corrected chi connectivity index (χ1v) is 11.0. The summed E-state index contributed by atoms with van der Waals surface area (Å²) in [7, 11) is -3.53. The highest BCUT2D eigenvalue weighted by molar-refractivity contribution is 7.89. The van der Waals surface area contributed by atoms with Crippen LogP contribution in [0.15, 0.2) is 12.4 Å². The van der Waals surface area contributed by atoms with Gasteiger partial charge in [-0.15, -0.1) is 0 Å². The van der Waals surface area contributed by atoms with Crippen molar-refractivity contribution in [2.75, 3.05) is 18.8 Å². The van der Waals surface area contributed by atoms with Crippen molar-refractivity contribution in [3.63, 3.8) is 0 Å². The first-order valence-electron chi connectivity index (χ1n) is 9.43. The molecular formula is C17H30BN3O4S. The lowest BCUT2D eigenvalue weighted by Gasteiger charge is -2.32. The van der Waals surface area contributed by atoms with Gasteiger partial charge >= 0.3 is 7.12 Å². The highest BCUT2D eigenvalue weighted by Crippen LogP contribution is 2.36. The maximum absolute atomic E-state index is 12.2. The molecule has 9 heteroatoms. The van der Waals surface area contributed by atoms with E-state index in [0.717, 1.165) is 18.3 Å². The van der Waals surface area contributed by atoms with Crippen LogP contribution >= 0.6 is 0 Å². The summed E-state index contributed by atoms with van der Waals surface area (Å²) in [5, 5.41) is 4.49. The molecule has 0 spiro atoms. The summed E-state index contributed by atoms with van der Waals surface area (Å²) in [5.41, 5.74) is 0.155. The lowest BCUT2D eigenvalue weighted by atomic mass is 9.82. The van der Waals surface area contributed by atoms with Crippen molar-refractivity contribution in [1.29, 1.82) is 0 Å². The third-order valence-electron chi connectivity index (χ3n) is 5.80. The van der Waals surface area contributed by atoms with Gasteiger partial charge in [0.05, 0.1) is 23.0 Å². The highest BCUT2D eigenvalue weighted by Gasteiger charge is 2.52. The molecule has 1 aromatic rings. The van der Waals surface area contributed by atoms with E-state index in [-0.39, 0.29) is 23.0 Å². The summed E-state index contributed by atoms with van der Waals surface area (Å²) >= 11 is 0. The maximum Gasteiger partial charge on any atom is 0.498 e. The zero-order chi connectivity index (χ0) is 19.2. The fourth-order valence-corrected chi connectivity index (χ4v) is 4.97. The number of hydrogen-bond donors (Lipinski definition) is 0. The molecule has 3 rings (SSSR count). The molecule has 0 atom stereocenters. The highest BCUT2D eigenvalue weighted by atomic mass is 32.2. The van der Waals surface area contributed by atoms with Crippen molar-refractivity contribution < 1.29 is 17.7 Å². The molecule has 146 valence electrons. The Labute approximate surface area is 157 Å². The van der Waals surface area contributed by atoms with Crippen LogP contribution in [0.5, 0.6) is 0 Å². The Kier molecular flexibility index (Phi) is 5.29. The fourth-order valence-electron chi connectivity index (χ4n) is 3.43. The van der Waals surface area contributed by atoms with Crippen LogP contribution in [0.2, 0.25) is 0 Å². The molecule has 7 nitrogen and oxygen atoms in total. The summed E-state index contributed by atoms with van der Waals surface area (Å²) < 4.78 is 40.1. The van der Waals surface area contributed by atoms with Crippen molar-refractivity contribution in [3.8, 4) is 0 Å². The van der Waals surface area contributed by atoms with Gasteiger partial charge < -0.3 is 9.31 Å². The van der Waals surface area contributed by atoms with E-state index in [1.807, 2.05) is 45.5 Å². The average Bonchev–Trinajstić information content (AvgIpc) is 3.11. The summed E-state index contributed by atoms with van der Waals surface area (Å²) in [4.78, 5) is 0. The molecule has 0 unspecified atom stereocenters. The Bertz CT molecular complexity index is 723. The summed E-state index contributed by atoms with van der Waals surface area (Å²) in [6.45, 7) is 11.1. The normalized spacial score (nSPS) is 24.3. The molecule has 26 heavy (non-hydrogen) atoms. The van der Waals surface area contributed by atoms with Gasteiger partial charge in [0, 0.05) is 30.9 Å². The molecule has 0 radical (unpaired) electrons. The minimum absolute atomic E-state index is 0.208. The van der Waals surface area contributed by atoms with E-state index in [1.165, 1.54) is 0 Å². The molecule has 0 N–H and O–H groups in total. The Morgan fingerprint density at radius 1 is 1.19 bits per heavy atom. The summed E-state index contributed by atoms with van der Waals surface area (Å²) in [6, 6.07) is 0.208. The molecule has 3 heterocycles. The monoisotopic (exact) mass is 383 g/mol. The van der Waals surface area contributed by atoms with E-state index >= 15 is 0 Å². The molecule has 0 aromatic carbocycles. The van der Waals surface area contributed by atoms with Crippen LogP contribution in [0.25, 0.3) is 0 Å². The molecule has 2 fully saturated rings. The quantitative estimate of drug-likeness (QED) is 0.722. The largest absolute Gasteiger partial charge is 0.498 e. The van der Waals surface area contributed by atoms with Crippen LogP contribution in [-0.2, 0) is 19.3 Å². The number of aromatic nitrogens is 2. The number of nitrogens with zero attached hydrogens (tertiary/aromatic N) is 3. The minimum Gasteiger partial charge on any atom is -0.399 e. The standard InChI is InChI=1S/C17H30BN3O4S/c1-6-11-26(22,23)20-9-7-15(8-10-20)21-13-14(12-19-21)18-24-16(2,3)17(4,5)25-18/h12-13,15H,6-11H2,1-5H3. The van der Waals surface area contributed by atoms with Crippen LogP contribution in [0.4, 0.5) is 0 Å². The van der Waals surface area contributed by atoms with Gasteiger partial charge in [-0.25, -0.2) is 12.7 Å². The van der Waals surface area contributed by atoms with E-state index in [2.05, 4.69) is 5.10 Å². The second-order valence-electron chi connectivity index (χ2n) is 8.29. The van der Waals surface area contributed by atoms with Crippen LogP contribution < -0.4 is 5.46 Å². The third-order valence-corrected chi connectivity index (χ3v) is 7.88. The van der Waals surface area contributed by atoms with E-state index in [1.54, 1.807) is 10.5 Å². The number of hydrogen-bond acceptors (Lipinski definition) is 5. The van der Waals surface area contributed by atoms with Crippen LogP contribution in [0.3, 0.4) is 0 Å². The fraction of sp³-hybridized carbons (Fsp3) is 0.824. The third kappa shape index (κ3) is 3.72. The summed E-state index contributed by atoms with van der Waals surface area (Å²) in [5.74, 6) is 0.228. The predicted octanol–water partition coefficient (Wildman–Crippen LogP) is 1.56. The zero-order valence-corrected chi connectivity index (χ0v) is 17.3. The molecule has 0 saturated carbocycles. The first kappa shape index (κ1) is 19.9. The predicted molar refractivity (Wildman–Crippen MR) is 102 cm³/mol. The smallest absolute Gasteiger partial charge is 0.399 e. The molecular weight excluding hydrogens is 353 g/mol. The second kappa shape index (κ2) is 6.93. The van der Waals surface area contributed by atoms with Gasteiger partial charge in [-0.2, -0.15) is 5.10 Å². The Balaban J connectivity index is 1.64. The molecule has 1 aromatic heterocycles. The lowest BCUT2D eigenvalue weighted by Crippen LogP contribution is -2.41. The van der Waals surface area contributed by atoms with Crippen molar-refractivity contribution >= 4 is 22.6 Å². The van der Waals surface area contributed by atoms with Crippen molar-refractivity contribution in [1.82, 2.24) is 14.1 Å². The molecule has 0 amide bonds. The lowest BCUT2D eigenvalue weighted by molar-refractivity contribution is 0.00578. The summed E-state index contributed by atoms with van der Waals surface area (Å²) in [6.07, 6.45) is 5.96. The van der Waals surface area contributed by atoms with Gasteiger partial charge in [0.2, 0.25) is 10.0 Å². The Morgan fingerprint density at radius 2 is 1.77 bits per heavy atom. The van der Waals surface area contributed by atoms with Gasteiger partial charge in [0.15, 0.2) is 0 Å². The van der Waals surface area contributed by atoms with Gasteiger partial charge in [-0.05, 0) is 47.0 Å². The zero-order valence-electron chi connectivity index (χ0n) is 16.4. The van der Waals surface area contributed by atoms with Crippen LogP contribution in [0.1, 0.15) is 59.9 Å². The average molecular weight is 383 g/mol. The van der Waals surface area contributed by atoms with E-state index < -0.39 is 17.1 Å². The first-order chi connectivity index (χ1) is 12.1. The van der Waals surface area contributed by atoms with Crippen molar-refractivity contribution in [3.05, 3.63) is 12.4 Å². The molecule has 0 bridgehead atoms. The van der Waals surface area contributed by atoms with E-state index in [9.17, 15) is 8.42 Å². The number of rotatable bonds is 5. The Morgan fingerprint density at radius 3 is 2.31 bits per heavy atom. The van der Waals surface area contributed by atoms with E-state index in [4.69, 9.17) is 9.31 Å². The maximum atomic E-state index is 12.2. The molecule has 2 aliphatic rings. The molecule has 2 saturated heterocycles. The SMILES string of the molecule is CCCS(=O)(=O)N1CCC(n2cc(B3OC(C)(C)C(C)(C)O3)cn2)CC1. The van der Waals surface area contributed by atoms with Gasteiger partial charge in [-0.1, -0.05) is 6.92 Å². The van der Waals surface area contributed by atoms with Gasteiger partial charge in [-0.3, -0.25) is 4.68 Å². The van der Waals surface area contributed by atoms with Crippen molar-refractivity contribution in [2.45, 2.75) is 71.1 Å². The number of piperidine rings is 1.